The number of hydrogen-bond acceptors (Lipinski definition) is 4. The van der Waals surface area contributed by atoms with Gasteiger partial charge in [-0.1, -0.05) is 11.6 Å². The van der Waals surface area contributed by atoms with E-state index in [2.05, 4.69) is 15.3 Å². The third-order valence-corrected chi connectivity index (χ3v) is 5.47. The van der Waals surface area contributed by atoms with Crippen molar-refractivity contribution < 1.29 is 14.6 Å². The van der Waals surface area contributed by atoms with Crippen LogP contribution >= 0.6 is 11.6 Å². The molecule has 1 fully saturated rings. The Morgan fingerprint density at radius 1 is 1.48 bits per heavy atom. The molecule has 0 spiro atoms. The van der Waals surface area contributed by atoms with Crippen molar-refractivity contribution in [2.75, 3.05) is 7.11 Å². The maximum absolute atomic E-state index is 12.8. The molecule has 3 aromatic rings. The summed E-state index contributed by atoms with van der Waals surface area (Å²) in [6.07, 6.45) is 7.88. The molecule has 0 saturated heterocycles. The van der Waals surface area contributed by atoms with Gasteiger partial charge < -0.3 is 24.7 Å². The highest BCUT2D eigenvalue weighted by molar-refractivity contribution is 6.33. The average Bonchev–Trinajstić information content (AvgIpc) is 3.35. The number of imidazole rings is 1. The molecule has 1 unspecified atom stereocenters. The Bertz CT molecular complexity index is 953. The second kappa shape index (κ2) is 7.25. The molecule has 2 heterocycles. The van der Waals surface area contributed by atoms with E-state index in [0.717, 1.165) is 23.9 Å². The van der Waals surface area contributed by atoms with Crippen LogP contribution in [0.5, 0.6) is 5.75 Å². The van der Waals surface area contributed by atoms with Crippen molar-refractivity contribution in [3.63, 3.8) is 0 Å². The lowest BCUT2D eigenvalue weighted by molar-refractivity contribution is 0.0874. The highest BCUT2D eigenvalue weighted by Gasteiger charge is 2.34. The summed E-state index contributed by atoms with van der Waals surface area (Å²) in [4.78, 5) is 19.9. The molecule has 4 rings (SSSR count). The van der Waals surface area contributed by atoms with Crippen molar-refractivity contribution in [2.45, 2.75) is 31.5 Å². The zero-order valence-electron chi connectivity index (χ0n) is 14.9. The fourth-order valence-corrected chi connectivity index (χ4v) is 4.07. The number of methoxy groups -OCH3 is 1. The van der Waals surface area contributed by atoms with Crippen LogP contribution in [0.2, 0.25) is 5.02 Å². The van der Waals surface area contributed by atoms with E-state index >= 15 is 0 Å². The number of H-pyrrole nitrogens is 1. The van der Waals surface area contributed by atoms with E-state index in [1.807, 2.05) is 10.8 Å². The monoisotopic (exact) mass is 388 g/mol. The van der Waals surface area contributed by atoms with Gasteiger partial charge in [-0.15, -0.1) is 0 Å². The third kappa shape index (κ3) is 3.52. The van der Waals surface area contributed by atoms with Crippen LogP contribution < -0.4 is 10.1 Å². The Kier molecular flexibility index (Phi) is 4.80. The van der Waals surface area contributed by atoms with E-state index in [4.69, 9.17) is 16.3 Å². The topological polar surface area (TPSA) is 92.2 Å². The van der Waals surface area contributed by atoms with Crippen LogP contribution in [0.4, 0.5) is 0 Å². The minimum atomic E-state index is -0.559. The molecular formula is C19H21ClN4O3. The predicted octanol–water partition coefficient (Wildman–Crippen LogP) is 2.60. The van der Waals surface area contributed by atoms with E-state index in [-0.39, 0.29) is 11.9 Å². The van der Waals surface area contributed by atoms with E-state index in [0.29, 0.717) is 28.7 Å². The van der Waals surface area contributed by atoms with E-state index in [1.165, 1.54) is 7.11 Å². The van der Waals surface area contributed by atoms with Gasteiger partial charge >= 0.3 is 0 Å². The summed E-state index contributed by atoms with van der Waals surface area (Å²) >= 11 is 6.14. The van der Waals surface area contributed by atoms with Gasteiger partial charge in [0.25, 0.3) is 5.91 Å². The summed E-state index contributed by atoms with van der Waals surface area (Å²) in [7, 11) is 1.54. The maximum atomic E-state index is 12.8. The lowest BCUT2D eigenvalue weighted by atomic mass is 10.1. The lowest BCUT2D eigenvalue weighted by Gasteiger charge is -2.16. The van der Waals surface area contributed by atoms with Crippen LogP contribution in [0, 0.1) is 5.92 Å². The average molecular weight is 389 g/mol. The standard InChI is InChI=1S/C19H21ClN4O3/c1-27-18-6-12-13(8-22-15(12)7-14(18)20)19(26)23-16-4-11(5-17(16)25)9-24-3-2-21-10-24/h2-3,6-8,10-11,16-17,22,25H,4-5,9H2,1H3,(H,23,26)/t11?,16-,17-/m1/s1. The molecule has 2 aromatic heterocycles. The second-order valence-corrected chi connectivity index (χ2v) is 7.39. The van der Waals surface area contributed by atoms with Crippen molar-refractivity contribution in [1.29, 1.82) is 0 Å². The molecule has 1 amide bonds. The Morgan fingerprint density at radius 2 is 2.33 bits per heavy atom. The first-order chi connectivity index (χ1) is 13.0. The van der Waals surface area contributed by atoms with Crippen molar-refractivity contribution in [2.24, 2.45) is 5.92 Å². The molecule has 1 saturated carbocycles. The Hall–Kier alpha value is -2.51. The van der Waals surface area contributed by atoms with Gasteiger partial charge in [-0.2, -0.15) is 0 Å². The number of aromatic nitrogens is 3. The van der Waals surface area contributed by atoms with Crippen molar-refractivity contribution in [3.8, 4) is 5.75 Å². The number of aliphatic hydroxyl groups excluding tert-OH is 1. The Balaban J connectivity index is 1.48. The number of hydrogen-bond donors (Lipinski definition) is 3. The summed E-state index contributed by atoms with van der Waals surface area (Å²) in [5.41, 5.74) is 1.26. The van der Waals surface area contributed by atoms with Crippen molar-refractivity contribution >= 4 is 28.4 Å². The second-order valence-electron chi connectivity index (χ2n) is 6.98. The molecule has 0 radical (unpaired) electrons. The Labute approximate surface area is 161 Å². The lowest BCUT2D eigenvalue weighted by Crippen LogP contribution is -2.39. The first-order valence-corrected chi connectivity index (χ1v) is 9.22. The van der Waals surface area contributed by atoms with Crippen LogP contribution in [0.1, 0.15) is 23.2 Å². The molecule has 8 heteroatoms. The molecular weight excluding hydrogens is 368 g/mol. The van der Waals surface area contributed by atoms with Crippen LogP contribution in [0.15, 0.2) is 37.1 Å². The molecule has 3 atom stereocenters. The van der Waals surface area contributed by atoms with Gasteiger partial charge in [0.05, 0.1) is 36.2 Å². The summed E-state index contributed by atoms with van der Waals surface area (Å²) < 4.78 is 7.24. The van der Waals surface area contributed by atoms with Crippen molar-refractivity contribution in [1.82, 2.24) is 19.9 Å². The normalized spacial score (nSPS) is 22.3. The number of carbonyl (C=O) groups is 1. The zero-order valence-corrected chi connectivity index (χ0v) is 15.6. The smallest absolute Gasteiger partial charge is 0.253 e. The summed E-state index contributed by atoms with van der Waals surface area (Å²) in [5, 5.41) is 14.6. The van der Waals surface area contributed by atoms with E-state index < -0.39 is 6.10 Å². The fourth-order valence-electron chi connectivity index (χ4n) is 3.83. The van der Waals surface area contributed by atoms with Gasteiger partial charge in [-0.3, -0.25) is 4.79 Å². The third-order valence-electron chi connectivity index (χ3n) is 5.17. The molecule has 7 nitrogen and oxygen atoms in total. The number of nitrogens with one attached hydrogen (secondary N) is 2. The predicted molar refractivity (Wildman–Crippen MR) is 102 cm³/mol. The maximum Gasteiger partial charge on any atom is 0.253 e. The van der Waals surface area contributed by atoms with Crippen LogP contribution in [-0.2, 0) is 6.54 Å². The van der Waals surface area contributed by atoms with Gasteiger partial charge in [-0.25, -0.2) is 4.98 Å². The van der Waals surface area contributed by atoms with Gasteiger partial charge in [0.15, 0.2) is 0 Å². The molecule has 0 aliphatic heterocycles. The van der Waals surface area contributed by atoms with E-state index in [9.17, 15) is 9.90 Å². The molecule has 1 aliphatic carbocycles. The van der Waals surface area contributed by atoms with Crippen LogP contribution in [0.3, 0.4) is 0 Å². The highest BCUT2D eigenvalue weighted by atomic mass is 35.5. The number of ether oxygens (including phenoxy) is 1. The number of fused-ring (bicyclic) bond motifs is 1. The van der Waals surface area contributed by atoms with E-state index in [1.54, 1.807) is 30.9 Å². The number of carbonyl (C=O) groups excluding carboxylic acids is 1. The van der Waals surface area contributed by atoms with Crippen molar-refractivity contribution in [3.05, 3.63) is 47.6 Å². The Morgan fingerprint density at radius 3 is 3.07 bits per heavy atom. The fraction of sp³-hybridized carbons (Fsp3) is 0.368. The highest BCUT2D eigenvalue weighted by Crippen LogP contribution is 2.32. The number of benzene rings is 1. The van der Waals surface area contributed by atoms with Crippen LogP contribution in [-0.4, -0.2) is 44.8 Å². The molecule has 1 aliphatic rings. The number of aromatic amines is 1. The van der Waals surface area contributed by atoms with Gasteiger partial charge in [0, 0.05) is 36.0 Å². The number of rotatable bonds is 5. The molecule has 3 N–H and O–H groups in total. The molecule has 0 bridgehead atoms. The summed E-state index contributed by atoms with van der Waals surface area (Å²) in [6.45, 7) is 0.784. The largest absolute Gasteiger partial charge is 0.495 e. The number of aliphatic hydroxyl groups is 1. The molecule has 1 aromatic carbocycles. The van der Waals surface area contributed by atoms with Gasteiger partial charge in [-0.05, 0) is 30.9 Å². The number of halogens is 1. The quantitative estimate of drug-likeness (QED) is 0.626. The van der Waals surface area contributed by atoms with Gasteiger partial charge in [0.2, 0.25) is 0 Å². The van der Waals surface area contributed by atoms with Gasteiger partial charge in [0.1, 0.15) is 5.75 Å². The summed E-state index contributed by atoms with van der Waals surface area (Å²) in [6, 6.07) is 3.21. The van der Waals surface area contributed by atoms with Crippen LogP contribution in [0.25, 0.3) is 10.9 Å². The number of amides is 1. The molecule has 27 heavy (non-hydrogen) atoms. The molecule has 142 valence electrons. The summed E-state index contributed by atoms with van der Waals surface area (Å²) in [5.74, 6) is 0.582. The first kappa shape index (κ1) is 17.9. The SMILES string of the molecule is COc1cc2c(C(=O)N[C@@H]3CC(Cn4ccnc4)C[C@H]3O)c[nH]c2cc1Cl. The first-order valence-electron chi connectivity index (χ1n) is 8.84. The minimum Gasteiger partial charge on any atom is -0.495 e. The zero-order chi connectivity index (χ0) is 19.0. The number of nitrogens with zero attached hydrogens (tertiary/aromatic N) is 2. The minimum absolute atomic E-state index is 0.224.